The Bertz CT molecular complexity index is 2250. The van der Waals surface area contributed by atoms with Gasteiger partial charge in [0.15, 0.2) is 0 Å². The predicted octanol–water partition coefficient (Wildman–Crippen LogP) is 10.1. The second-order valence-electron chi connectivity index (χ2n) is 12.9. The molecule has 6 aromatic rings. The third-order valence-corrected chi connectivity index (χ3v) is 10.6. The van der Waals surface area contributed by atoms with E-state index in [0.29, 0.717) is 6.42 Å². The SMILES string of the molecule is CC(C)C[C@@H](C(=O)O)N(Cc1cccc(C(F)(F)F)c1)S(=O)(=O)c1ccc(-c2ccc(-c3c(Cc4ccccc4)oc4ccccc34)cc2)cc1. The molecule has 6 rings (SSSR count). The molecule has 1 atom stereocenters. The molecule has 5 aromatic carbocycles. The molecule has 1 aromatic heterocycles. The first kappa shape index (κ1) is 35.6. The standard InChI is InChI=1S/C41H36F3NO5S/c1-27(2)23-36(40(46)47)45(26-29-11-8-12-33(24-29)41(42,43)44)51(48,49)34-21-19-31(20-22-34)30-15-17-32(18-16-30)39-35-13-6-7-14-37(35)50-38(39)25-28-9-4-3-5-10-28/h3-22,24,27,36H,23,25-26H2,1-2H3,(H,46,47)/t36-/m0/s1. The normalized spacial score (nSPS) is 12.8. The molecule has 0 aliphatic rings. The van der Waals surface area contributed by atoms with Crippen molar-refractivity contribution < 1.29 is 35.9 Å². The van der Waals surface area contributed by atoms with E-state index in [1.165, 1.54) is 24.3 Å². The summed E-state index contributed by atoms with van der Waals surface area (Å²) >= 11 is 0. The molecule has 0 unspecified atom stereocenters. The lowest BCUT2D eigenvalue weighted by atomic mass is 9.96. The van der Waals surface area contributed by atoms with Gasteiger partial charge >= 0.3 is 12.1 Å². The van der Waals surface area contributed by atoms with E-state index in [1.807, 2.05) is 66.7 Å². The fourth-order valence-electron chi connectivity index (χ4n) is 6.28. The smallest absolute Gasteiger partial charge is 0.416 e. The number of carbonyl (C=O) groups is 1. The van der Waals surface area contributed by atoms with Gasteiger partial charge in [0.05, 0.1) is 10.5 Å². The van der Waals surface area contributed by atoms with Gasteiger partial charge in [0.25, 0.3) is 0 Å². The van der Waals surface area contributed by atoms with Crippen molar-refractivity contribution in [1.82, 2.24) is 4.31 Å². The van der Waals surface area contributed by atoms with E-state index in [2.05, 4.69) is 12.1 Å². The highest BCUT2D eigenvalue weighted by molar-refractivity contribution is 7.89. The van der Waals surface area contributed by atoms with Crippen LogP contribution in [-0.4, -0.2) is 29.8 Å². The van der Waals surface area contributed by atoms with E-state index in [-0.39, 0.29) is 22.8 Å². The van der Waals surface area contributed by atoms with Gasteiger partial charge < -0.3 is 9.52 Å². The Labute approximate surface area is 294 Å². The van der Waals surface area contributed by atoms with Gasteiger partial charge in [0.2, 0.25) is 10.0 Å². The number of sulfonamides is 1. The van der Waals surface area contributed by atoms with Crippen LogP contribution >= 0.6 is 0 Å². The number of rotatable bonds is 12. The summed E-state index contributed by atoms with van der Waals surface area (Å²) < 4.78 is 75.6. The van der Waals surface area contributed by atoms with Gasteiger partial charge in [0.1, 0.15) is 17.4 Å². The van der Waals surface area contributed by atoms with Crippen LogP contribution in [0.3, 0.4) is 0 Å². The van der Waals surface area contributed by atoms with Crippen LogP contribution in [0.5, 0.6) is 0 Å². The van der Waals surface area contributed by atoms with Crippen LogP contribution in [-0.2, 0) is 34.0 Å². The van der Waals surface area contributed by atoms with Crippen LogP contribution in [0.2, 0.25) is 0 Å². The number of fused-ring (bicyclic) bond motifs is 1. The van der Waals surface area contributed by atoms with Crippen LogP contribution in [0.25, 0.3) is 33.2 Å². The number of furan rings is 1. The predicted molar refractivity (Wildman–Crippen MR) is 191 cm³/mol. The number of hydrogen-bond acceptors (Lipinski definition) is 4. The molecular weight excluding hydrogens is 676 g/mol. The number of hydrogen-bond donors (Lipinski definition) is 1. The van der Waals surface area contributed by atoms with E-state index < -0.39 is 40.3 Å². The molecule has 0 radical (unpaired) electrons. The summed E-state index contributed by atoms with van der Waals surface area (Å²) in [5.74, 6) is -0.741. The number of aliphatic carboxylic acids is 1. The van der Waals surface area contributed by atoms with Crippen molar-refractivity contribution in [2.24, 2.45) is 5.92 Å². The molecule has 262 valence electrons. The number of benzene rings is 5. The first-order valence-electron chi connectivity index (χ1n) is 16.5. The maximum absolute atomic E-state index is 14.1. The average molecular weight is 712 g/mol. The van der Waals surface area contributed by atoms with Crippen LogP contribution in [0.15, 0.2) is 137 Å². The molecule has 0 spiro atoms. The molecule has 0 saturated carbocycles. The maximum Gasteiger partial charge on any atom is 0.416 e. The fourth-order valence-corrected chi connectivity index (χ4v) is 7.86. The van der Waals surface area contributed by atoms with Crippen molar-refractivity contribution in [3.63, 3.8) is 0 Å². The Morgan fingerprint density at radius 2 is 1.35 bits per heavy atom. The average Bonchev–Trinajstić information content (AvgIpc) is 3.47. The highest BCUT2D eigenvalue weighted by Crippen LogP contribution is 2.37. The molecule has 0 fully saturated rings. The summed E-state index contributed by atoms with van der Waals surface area (Å²) in [6.07, 6.45) is -4.06. The molecule has 51 heavy (non-hydrogen) atoms. The Hall–Kier alpha value is -5.19. The van der Waals surface area contributed by atoms with Crippen LogP contribution in [0.4, 0.5) is 13.2 Å². The highest BCUT2D eigenvalue weighted by atomic mass is 32.2. The van der Waals surface area contributed by atoms with Crippen molar-refractivity contribution in [2.75, 3.05) is 0 Å². The zero-order valence-corrected chi connectivity index (χ0v) is 28.8. The monoisotopic (exact) mass is 711 g/mol. The Morgan fingerprint density at radius 3 is 1.98 bits per heavy atom. The van der Waals surface area contributed by atoms with Crippen molar-refractivity contribution >= 4 is 27.0 Å². The van der Waals surface area contributed by atoms with E-state index in [0.717, 1.165) is 61.0 Å². The van der Waals surface area contributed by atoms with Gasteiger partial charge in [-0.15, -0.1) is 0 Å². The Balaban J connectivity index is 1.30. The molecule has 6 nitrogen and oxygen atoms in total. The lowest BCUT2D eigenvalue weighted by molar-refractivity contribution is -0.142. The number of carboxylic acid groups (broad SMARTS) is 1. The molecule has 0 amide bonds. The molecule has 0 aliphatic carbocycles. The molecule has 10 heteroatoms. The highest BCUT2D eigenvalue weighted by Gasteiger charge is 2.37. The first-order chi connectivity index (χ1) is 24.3. The van der Waals surface area contributed by atoms with Gasteiger partial charge in [-0.2, -0.15) is 17.5 Å². The van der Waals surface area contributed by atoms with Crippen LogP contribution in [0.1, 0.15) is 42.7 Å². The topological polar surface area (TPSA) is 87.8 Å². The minimum Gasteiger partial charge on any atom is -0.480 e. The zero-order valence-electron chi connectivity index (χ0n) is 28.0. The van der Waals surface area contributed by atoms with Gasteiger partial charge in [-0.3, -0.25) is 4.79 Å². The second-order valence-corrected chi connectivity index (χ2v) is 14.8. The molecule has 0 aliphatic heterocycles. The van der Waals surface area contributed by atoms with Crippen molar-refractivity contribution in [2.45, 2.75) is 50.3 Å². The summed E-state index contributed by atoms with van der Waals surface area (Å²) in [4.78, 5) is 12.2. The third-order valence-electron chi connectivity index (χ3n) is 8.76. The lowest BCUT2D eigenvalue weighted by Gasteiger charge is -2.29. The van der Waals surface area contributed by atoms with Crippen LogP contribution < -0.4 is 0 Å². The van der Waals surface area contributed by atoms with Crippen molar-refractivity contribution in [3.8, 4) is 22.3 Å². The van der Waals surface area contributed by atoms with E-state index in [4.69, 9.17) is 4.42 Å². The Morgan fingerprint density at radius 1 is 0.765 bits per heavy atom. The molecule has 0 saturated heterocycles. The molecule has 1 heterocycles. The molecular formula is C41H36F3NO5S. The first-order valence-corrected chi connectivity index (χ1v) is 17.9. The number of halogens is 3. The number of alkyl halides is 3. The molecule has 0 bridgehead atoms. The quantitative estimate of drug-likeness (QED) is 0.137. The number of carboxylic acids is 1. The number of nitrogens with zero attached hydrogens (tertiary/aromatic N) is 1. The third kappa shape index (κ3) is 7.92. The van der Waals surface area contributed by atoms with Gasteiger partial charge in [-0.1, -0.05) is 117 Å². The lowest BCUT2D eigenvalue weighted by Crippen LogP contribution is -2.45. The second kappa shape index (κ2) is 14.6. The van der Waals surface area contributed by atoms with Gasteiger partial charge in [0, 0.05) is 23.9 Å². The largest absolute Gasteiger partial charge is 0.480 e. The van der Waals surface area contributed by atoms with E-state index in [9.17, 15) is 31.5 Å². The summed E-state index contributed by atoms with van der Waals surface area (Å²) in [6, 6.07) is 34.7. The van der Waals surface area contributed by atoms with Crippen molar-refractivity contribution in [1.29, 1.82) is 0 Å². The number of para-hydroxylation sites is 1. The van der Waals surface area contributed by atoms with Crippen LogP contribution in [0, 0.1) is 5.92 Å². The zero-order chi connectivity index (χ0) is 36.3. The summed E-state index contributed by atoms with van der Waals surface area (Å²) in [5.41, 5.74) is 4.50. The van der Waals surface area contributed by atoms with Gasteiger partial charge in [-0.25, -0.2) is 8.42 Å². The minimum absolute atomic E-state index is 0.0254. The Kier molecular flexibility index (Phi) is 10.2. The summed E-state index contributed by atoms with van der Waals surface area (Å²) in [5, 5.41) is 11.1. The van der Waals surface area contributed by atoms with Gasteiger partial charge in [-0.05, 0) is 64.4 Å². The minimum atomic E-state index is -4.64. The van der Waals surface area contributed by atoms with Crippen molar-refractivity contribution in [3.05, 3.63) is 150 Å². The van der Waals surface area contributed by atoms with E-state index >= 15 is 0 Å². The van der Waals surface area contributed by atoms with E-state index in [1.54, 1.807) is 26.0 Å². The fraction of sp³-hybridized carbons (Fsp3) is 0.195. The summed E-state index contributed by atoms with van der Waals surface area (Å²) in [6.45, 7) is 2.96. The summed E-state index contributed by atoms with van der Waals surface area (Å²) in [7, 11) is -4.46. The molecule has 1 N–H and O–H groups in total. The maximum atomic E-state index is 14.1.